The molecule has 0 spiro atoms. The van der Waals surface area contributed by atoms with E-state index in [1.165, 1.54) is 0 Å². The lowest BCUT2D eigenvalue weighted by atomic mass is 10.4. The second kappa shape index (κ2) is 6.80. The van der Waals surface area contributed by atoms with Gasteiger partial charge >= 0.3 is 0 Å². The second-order valence-corrected chi connectivity index (χ2v) is 4.25. The maximum atomic E-state index is 5.05. The number of hydrogen-bond acceptors (Lipinski definition) is 7. The molecule has 2 rings (SSSR count). The highest BCUT2D eigenvalue weighted by Gasteiger charge is 2.10. The first-order valence-electron chi connectivity index (χ1n) is 6.37. The third-order valence-electron chi connectivity index (χ3n) is 2.75. The van der Waals surface area contributed by atoms with Crippen molar-refractivity contribution < 1.29 is 4.74 Å². The Balaban J connectivity index is 2.22. The molecule has 0 atom stereocenters. The molecule has 0 unspecified atom stereocenters. The van der Waals surface area contributed by atoms with Gasteiger partial charge in [0.25, 0.3) is 0 Å². The van der Waals surface area contributed by atoms with Crippen molar-refractivity contribution in [1.29, 1.82) is 0 Å². The number of imidazole rings is 1. The van der Waals surface area contributed by atoms with Gasteiger partial charge in [0.2, 0.25) is 17.8 Å². The fraction of sp³-hybridized carbons (Fsp3) is 0.500. The molecule has 2 aromatic rings. The normalized spacial score (nSPS) is 10.6. The Kier molecular flexibility index (Phi) is 4.83. The molecule has 0 aliphatic carbocycles. The fourth-order valence-electron chi connectivity index (χ4n) is 1.68. The standard InChI is InChI=1S/C12H19N7O/c1-13-10-15-11(18(2)6-4-8-20-3)17-12(16-10)19-7-5-14-9-19/h5,7,9H,4,6,8H2,1-3H3,(H,13,15,16,17). The molecule has 8 nitrogen and oxygen atoms in total. The Morgan fingerprint density at radius 1 is 1.35 bits per heavy atom. The van der Waals surface area contributed by atoms with Crippen molar-refractivity contribution in [1.82, 2.24) is 24.5 Å². The predicted molar refractivity (Wildman–Crippen MR) is 76.3 cm³/mol. The van der Waals surface area contributed by atoms with Gasteiger partial charge in [-0.05, 0) is 6.42 Å². The summed E-state index contributed by atoms with van der Waals surface area (Å²) >= 11 is 0. The maximum absolute atomic E-state index is 5.05. The fourth-order valence-corrected chi connectivity index (χ4v) is 1.68. The van der Waals surface area contributed by atoms with Crippen LogP contribution in [0.15, 0.2) is 18.7 Å². The highest BCUT2D eigenvalue weighted by Crippen LogP contribution is 2.12. The molecule has 0 aliphatic heterocycles. The number of hydrogen-bond donors (Lipinski definition) is 1. The van der Waals surface area contributed by atoms with Gasteiger partial charge in [0.15, 0.2) is 0 Å². The summed E-state index contributed by atoms with van der Waals surface area (Å²) < 4.78 is 6.80. The van der Waals surface area contributed by atoms with E-state index in [1.807, 2.05) is 11.9 Å². The largest absolute Gasteiger partial charge is 0.385 e. The van der Waals surface area contributed by atoms with E-state index in [-0.39, 0.29) is 0 Å². The zero-order valence-corrected chi connectivity index (χ0v) is 11.9. The molecule has 1 N–H and O–H groups in total. The highest BCUT2D eigenvalue weighted by atomic mass is 16.5. The molecule has 0 bridgehead atoms. The molecule has 108 valence electrons. The number of ether oxygens (including phenoxy) is 1. The summed E-state index contributed by atoms with van der Waals surface area (Å²) in [6, 6.07) is 0. The van der Waals surface area contributed by atoms with Gasteiger partial charge in [-0.15, -0.1) is 0 Å². The van der Waals surface area contributed by atoms with Gasteiger partial charge in [-0.2, -0.15) is 15.0 Å². The van der Waals surface area contributed by atoms with Crippen LogP contribution in [0.2, 0.25) is 0 Å². The number of nitrogens with zero attached hydrogens (tertiary/aromatic N) is 6. The molecule has 0 aromatic carbocycles. The third kappa shape index (κ3) is 3.41. The smallest absolute Gasteiger partial charge is 0.241 e. The monoisotopic (exact) mass is 277 g/mol. The quantitative estimate of drug-likeness (QED) is 0.741. The third-order valence-corrected chi connectivity index (χ3v) is 2.75. The molecule has 2 aromatic heterocycles. The molecule has 0 amide bonds. The number of methoxy groups -OCH3 is 1. The molecule has 0 aliphatic rings. The van der Waals surface area contributed by atoms with Crippen LogP contribution in [0.25, 0.3) is 5.95 Å². The minimum atomic E-state index is 0.525. The predicted octanol–water partition coefficient (Wildman–Crippen LogP) is 0.572. The van der Waals surface area contributed by atoms with Gasteiger partial charge in [-0.3, -0.25) is 4.57 Å². The highest BCUT2D eigenvalue weighted by molar-refractivity contribution is 5.39. The van der Waals surface area contributed by atoms with Crippen LogP contribution in [-0.2, 0) is 4.74 Å². The van der Waals surface area contributed by atoms with E-state index in [0.29, 0.717) is 24.5 Å². The van der Waals surface area contributed by atoms with Crippen LogP contribution in [-0.4, -0.2) is 58.9 Å². The molecule has 0 fully saturated rings. The Hall–Kier alpha value is -2.22. The summed E-state index contributed by atoms with van der Waals surface area (Å²) in [6.07, 6.45) is 6.05. The first-order valence-corrected chi connectivity index (χ1v) is 6.37. The van der Waals surface area contributed by atoms with Gasteiger partial charge in [0.1, 0.15) is 6.33 Å². The van der Waals surface area contributed by atoms with Crippen molar-refractivity contribution in [3.63, 3.8) is 0 Å². The number of aromatic nitrogens is 5. The Morgan fingerprint density at radius 2 is 2.20 bits per heavy atom. The Bertz CT molecular complexity index is 529. The lowest BCUT2D eigenvalue weighted by molar-refractivity contribution is 0.196. The molecule has 20 heavy (non-hydrogen) atoms. The Morgan fingerprint density at radius 3 is 2.85 bits per heavy atom. The van der Waals surface area contributed by atoms with Crippen LogP contribution in [0.3, 0.4) is 0 Å². The van der Waals surface area contributed by atoms with E-state index in [4.69, 9.17) is 4.74 Å². The molecular formula is C12H19N7O. The topological polar surface area (TPSA) is 81.0 Å². The summed E-state index contributed by atoms with van der Waals surface area (Å²) in [5.74, 6) is 1.68. The van der Waals surface area contributed by atoms with Gasteiger partial charge < -0.3 is 15.0 Å². The molecule has 0 saturated heterocycles. The lowest BCUT2D eigenvalue weighted by Crippen LogP contribution is -2.23. The van der Waals surface area contributed by atoms with Crippen LogP contribution in [0.4, 0.5) is 11.9 Å². The summed E-state index contributed by atoms with van der Waals surface area (Å²) in [4.78, 5) is 19.1. The van der Waals surface area contributed by atoms with E-state index < -0.39 is 0 Å². The minimum absolute atomic E-state index is 0.525. The molecule has 0 saturated carbocycles. The van der Waals surface area contributed by atoms with Crippen molar-refractivity contribution >= 4 is 11.9 Å². The summed E-state index contributed by atoms with van der Waals surface area (Å²) in [7, 11) is 5.42. The van der Waals surface area contributed by atoms with Crippen molar-refractivity contribution in [2.45, 2.75) is 6.42 Å². The van der Waals surface area contributed by atoms with Crippen molar-refractivity contribution in [3.8, 4) is 5.95 Å². The second-order valence-electron chi connectivity index (χ2n) is 4.25. The number of nitrogens with one attached hydrogen (secondary N) is 1. The van der Waals surface area contributed by atoms with E-state index in [9.17, 15) is 0 Å². The molecule has 2 heterocycles. The van der Waals surface area contributed by atoms with Crippen molar-refractivity contribution in [3.05, 3.63) is 18.7 Å². The summed E-state index contributed by atoms with van der Waals surface area (Å²) in [5, 5.41) is 2.94. The number of rotatable bonds is 7. The molecule has 0 radical (unpaired) electrons. The van der Waals surface area contributed by atoms with Crippen molar-refractivity contribution in [2.24, 2.45) is 0 Å². The van der Waals surface area contributed by atoms with Gasteiger partial charge in [0, 0.05) is 46.8 Å². The average Bonchev–Trinajstić information content (AvgIpc) is 3.01. The zero-order valence-electron chi connectivity index (χ0n) is 11.9. The summed E-state index contributed by atoms with van der Waals surface area (Å²) in [5.41, 5.74) is 0. The summed E-state index contributed by atoms with van der Waals surface area (Å²) in [6.45, 7) is 1.52. The van der Waals surface area contributed by atoms with Crippen LogP contribution < -0.4 is 10.2 Å². The first kappa shape index (κ1) is 14.2. The van der Waals surface area contributed by atoms with E-state index >= 15 is 0 Å². The Labute approximate surface area is 117 Å². The molecular weight excluding hydrogens is 258 g/mol. The van der Waals surface area contributed by atoms with Crippen LogP contribution in [0, 0.1) is 0 Å². The minimum Gasteiger partial charge on any atom is -0.385 e. The van der Waals surface area contributed by atoms with Crippen LogP contribution >= 0.6 is 0 Å². The first-order chi connectivity index (χ1) is 9.74. The van der Waals surface area contributed by atoms with Crippen LogP contribution in [0.1, 0.15) is 6.42 Å². The molecule has 8 heteroatoms. The van der Waals surface area contributed by atoms with Crippen molar-refractivity contribution in [2.75, 3.05) is 44.6 Å². The zero-order chi connectivity index (χ0) is 14.4. The maximum Gasteiger partial charge on any atom is 0.241 e. The van der Waals surface area contributed by atoms with E-state index in [2.05, 4.69) is 25.3 Å². The van der Waals surface area contributed by atoms with Gasteiger partial charge in [-0.1, -0.05) is 0 Å². The van der Waals surface area contributed by atoms with Gasteiger partial charge in [-0.25, -0.2) is 4.98 Å². The average molecular weight is 277 g/mol. The number of anilines is 2. The SMILES string of the molecule is CNc1nc(N(C)CCCOC)nc(-n2ccnc2)n1. The van der Waals surface area contributed by atoms with E-state index in [0.717, 1.165) is 13.0 Å². The van der Waals surface area contributed by atoms with Crippen LogP contribution in [0.5, 0.6) is 0 Å². The lowest BCUT2D eigenvalue weighted by Gasteiger charge is -2.17. The van der Waals surface area contributed by atoms with Gasteiger partial charge in [0.05, 0.1) is 0 Å². The van der Waals surface area contributed by atoms with E-state index in [1.54, 1.807) is 37.4 Å².